The van der Waals surface area contributed by atoms with E-state index in [1.165, 1.54) is 6.07 Å². The Hall–Kier alpha value is -0.900. The summed E-state index contributed by atoms with van der Waals surface area (Å²) in [7, 11) is 0. The number of carbonyl (C=O) groups excluding carboxylic acids is 1. The summed E-state index contributed by atoms with van der Waals surface area (Å²) in [5.74, 6) is -0.674. The number of benzene rings is 1. The third-order valence-corrected chi connectivity index (χ3v) is 3.80. The summed E-state index contributed by atoms with van der Waals surface area (Å²) in [6.07, 6.45) is 1.95. The lowest BCUT2D eigenvalue weighted by atomic mass is 10.0. The quantitative estimate of drug-likeness (QED) is 0.776. The fourth-order valence-electron chi connectivity index (χ4n) is 2.29. The number of hydrogen-bond donors (Lipinski definition) is 0. The minimum Gasteiger partial charge on any atom is -0.333 e. The molecule has 0 saturated carbocycles. The molecule has 1 heterocycles. The summed E-state index contributed by atoms with van der Waals surface area (Å²) in [6.45, 7) is 4.75. The molecule has 1 fully saturated rings. The van der Waals surface area contributed by atoms with Gasteiger partial charge in [0.25, 0.3) is 5.91 Å². The van der Waals surface area contributed by atoms with Crippen LogP contribution in [0.25, 0.3) is 0 Å². The molecule has 1 saturated heterocycles. The van der Waals surface area contributed by atoms with Gasteiger partial charge in [0.1, 0.15) is 5.82 Å². The van der Waals surface area contributed by atoms with Crippen LogP contribution in [0, 0.1) is 5.82 Å². The van der Waals surface area contributed by atoms with Crippen molar-refractivity contribution in [1.29, 1.82) is 0 Å². The van der Waals surface area contributed by atoms with Gasteiger partial charge in [-0.05, 0) is 44.9 Å². The van der Waals surface area contributed by atoms with Gasteiger partial charge in [-0.15, -0.1) is 0 Å². The molecule has 0 aliphatic carbocycles. The average molecular weight is 300 g/mol. The van der Waals surface area contributed by atoms with Crippen LogP contribution in [0.3, 0.4) is 0 Å². The van der Waals surface area contributed by atoms with Gasteiger partial charge in [-0.1, -0.05) is 15.9 Å². The molecule has 1 aliphatic rings. The molecule has 0 unspecified atom stereocenters. The topological polar surface area (TPSA) is 20.3 Å². The van der Waals surface area contributed by atoms with Crippen LogP contribution in [-0.4, -0.2) is 22.9 Å². The number of hydrogen-bond acceptors (Lipinski definition) is 1. The van der Waals surface area contributed by atoms with Crippen LogP contribution in [0.4, 0.5) is 4.39 Å². The lowest BCUT2D eigenvalue weighted by Crippen LogP contribution is -2.42. The van der Waals surface area contributed by atoms with Crippen molar-refractivity contribution in [3.8, 4) is 0 Å². The molecule has 1 aromatic carbocycles. The second-order valence-electron chi connectivity index (χ2n) is 5.00. The Morgan fingerprint density at radius 1 is 1.47 bits per heavy atom. The van der Waals surface area contributed by atoms with E-state index in [0.29, 0.717) is 6.54 Å². The van der Waals surface area contributed by atoms with Gasteiger partial charge in [0.05, 0.1) is 5.56 Å². The Morgan fingerprint density at radius 3 is 2.76 bits per heavy atom. The average Bonchev–Trinajstić information content (AvgIpc) is 2.61. The van der Waals surface area contributed by atoms with Gasteiger partial charge in [-0.25, -0.2) is 4.39 Å². The number of nitrogens with zero attached hydrogens (tertiary/aromatic N) is 1. The predicted octanol–water partition coefficient (Wildman–Crippen LogP) is 3.60. The summed E-state index contributed by atoms with van der Waals surface area (Å²) in [5.41, 5.74) is -0.0272. The zero-order valence-electron chi connectivity index (χ0n) is 9.96. The molecule has 1 amide bonds. The van der Waals surface area contributed by atoms with E-state index in [1.807, 2.05) is 13.8 Å². The Kier molecular flexibility index (Phi) is 3.25. The maximum atomic E-state index is 13.7. The van der Waals surface area contributed by atoms with Crippen molar-refractivity contribution in [2.45, 2.75) is 32.2 Å². The largest absolute Gasteiger partial charge is 0.333 e. The number of carbonyl (C=O) groups is 1. The molecular weight excluding hydrogens is 285 g/mol. The van der Waals surface area contributed by atoms with Crippen molar-refractivity contribution in [3.05, 3.63) is 34.1 Å². The van der Waals surface area contributed by atoms with E-state index in [-0.39, 0.29) is 17.0 Å². The molecule has 2 nitrogen and oxygen atoms in total. The van der Waals surface area contributed by atoms with Gasteiger partial charge < -0.3 is 4.90 Å². The van der Waals surface area contributed by atoms with E-state index in [1.54, 1.807) is 17.0 Å². The Bertz CT molecular complexity index is 459. The Morgan fingerprint density at radius 2 is 2.18 bits per heavy atom. The fraction of sp³-hybridized carbons (Fsp3) is 0.462. The third kappa shape index (κ3) is 2.37. The molecule has 2 rings (SSSR count). The lowest BCUT2D eigenvalue weighted by Gasteiger charge is -2.31. The molecule has 0 radical (unpaired) electrons. The standard InChI is InChI=1S/C13H15BrFNO/c1-13(2)6-3-7-16(13)12(17)10-8-9(14)4-5-11(10)15/h4-5,8H,3,6-7H2,1-2H3. The second-order valence-corrected chi connectivity index (χ2v) is 5.91. The fourth-order valence-corrected chi connectivity index (χ4v) is 2.65. The van der Waals surface area contributed by atoms with Crippen molar-refractivity contribution in [2.24, 2.45) is 0 Å². The molecule has 0 atom stereocenters. The molecule has 0 N–H and O–H groups in total. The van der Waals surface area contributed by atoms with Crippen LogP contribution in [0.1, 0.15) is 37.0 Å². The van der Waals surface area contributed by atoms with Crippen LogP contribution in [0.2, 0.25) is 0 Å². The predicted molar refractivity (Wildman–Crippen MR) is 68.4 cm³/mol. The molecule has 0 aromatic heterocycles. The van der Waals surface area contributed by atoms with Gasteiger partial charge in [0.15, 0.2) is 0 Å². The van der Waals surface area contributed by atoms with E-state index in [4.69, 9.17) is 0 Å². The maximum Gasteiger partial charge on any atom is 0.257 e. The van der Waals surface area contributed by atoms with Crippen molar-refractivity contribution >= 4 is 21.8 Å². The molecule has 0 bridgehead atoms. The molecule has 17 heavy (non-hydrogen) atoms. The second kappa shape index (κ2) is 4.41. The summed E-state index contributed by atoms with van der Waals surface area (Å²) < 4.78 is 14.4. The summed E-state index contributed by atoms with van der Waals surface area (Å²) >= 11 is 3.26. The lowest BCUT2D eigenvalue weighted by molar-refractivity contribution is 0.0647. The van der Waals surface area contributed by atoms with E-state index in [9.17, 15) is 9.18 Å². The highest BCUT2D eigenvalue weighted by Crippen LogP contribution is 2.30. The smallest absolute Gasteiger partial charge is 0.257 e. The SMILES string of the molecule is CC1(C)CCCN1C(=O)c1cc(Br)ccc1F. The minimum absolute atomic E-state index is 0.148. The zero-order chi connectivity index (χ0) is 12.6. The summed E-state index contributed by atoms with van der Waals surface area (Å²) in [6, 6.07) is 4.47. The normalized spacial score (nSPS) is 18.5. The first-order chi connectivity index (χ1) is 7.92. The van der Waals surface area contributed by atoms with Gasteiger partial charge in [-0.3, -0.25) is 4.79 Å². The molecular formula is C13H15BrFNO. The third-order valence-electron chi connectivity index (χ3n) is 3.30. The molecule has 1 aliphatic heterocycles. The number of rotatable bonds is 1. The van der Waals surface area contributed by atoms with Crippen LogP contribution in [0.5, 0.6) is 0 Å². The summed E-state index contributed by atoms with van der Waals surface area (Å²) in [5, 5.41) is 0. The van der Waals surface area contributed by atoms with E-state index >= 15 is 0 Å². The monoisotopic (exact) mass is 299 g/mol. The van der Waals surface area contributed by atoms with Gasteiger partial charge >= 0.3 is 0 Å². The number of likely N-dealkylation sites (tertiary alicyclic amines) is 1. The van der Waals surface area contributed by atoms with Gasteiger partial charge in [0.2, 0.25) is 0 Å². The van der Waals surface area contributed by atoms with Crippen molar-refractivity contribution in [1.82, 2.24) is 4.90 Å². The molecule has 92 valence electrons. The highest BCUT2D eigenvalue weighted by molar-refractivity contribution is 9.10. The highest BCUT2D eigenvalue weighted by atomic mass is 79.9. The van der Waals surface area contributed by atoms with E-state index < -0.39 is 5.82 Å². The van der Waals surface area contributed by atoms with Crippen molar-refractivity contribution in [3.63, 3.8) is 0 Å². The van der Waals surface area contributed by atoms with Gasteiger partial charge in [-0.2, -0.15) is 0 Å². The van der Waals surface area contributed by atoms with Crippen molar-refractivity contribution in [2.75, 3.05) is 6.54 Å². The van der Waals surface area contributed by atoms with E-state index in [0.717, 1.165) is 17.3 Å². The zero-order valence-corrected chi connectivity index (χ0v) is 11.6. The number of halogens is 2. The van der Waals surface area contributed by atoms with Crippen molar-refractivity contribution < 1.29 is 9.18 Å². The first-order valence-corrected chi connectivity index (χ1v) is 6.48. The number of amides is 1. The van der Waals surface area contributed by atoms with E-state index in [2.05, 4.69) is 15.9 Å². The molecule has 0 spiro atoms. The maximum absolute atomic E-state index is 13.7. The van der Waals surface area contributed by atoms with Crippen LogP contribution < -0.4 is 0 Å². The highest BCUT2D eigenvalue weighted by Gasteiger charge is 2.36. The molecule has 4 heteroatoms. The summed E-state index contributed by atoms with van der Waals surface area (Å²) in [4.78, 5) is 14.1. The first kappa shape index (κ1) is 12.6. The minimum atomic E-state index is -0.457. The van der Waals surface area contributed by atoms with Crippen LogP contribution in [-0.2, 0) is 0 Å². The Labute approximate surface area is 109 Å². The molecule has 1 aromatic rings. The Balaban J connectivity index is 2.34. The van der Waals surface area contributed by atoms with Crippen LogP contribution in [0.15, 0.2) is 22.7 Å². The van der Waals surface area contributed by atoms with Gasteiger partial charge in [0, 0.05) is 16.6 Å². The first-order valence-electron chi connectivity index (χ1n) is 5.69. The van der Waals surface area contributed by atoms with Crippen LogP contribution >= 0.6 is 15.9 Å².